The first kappa shape index (κ1) is 12.0. The van der Waals surface area contributed by atoms with E-state index in [4.69, 9.17) is 5.73 Å². The zero-order chi connectivity index (χ0) is 11.4. The molecule has 1 atom stereocenters. The summed E-state index contributed by atoms with van der Waals surface area (Å²) in [4.78, 5) is 11.3. The van der Waals surface area contributed by atoms with Gasteiger partial charge < -0.3 is 15.6 Å². The molecule has 0 aliphatic heterocycles. The van der Waals surface area contributed by atoms with Crippen molar-refractivity contribution in [2.45, 2.75) is 23.9 Å². The Labute approximate surface area is 92.6 Å². The Balaban J connectivity index is 2.72. The van der Waals surface area contributed by atoms with E-state index < -0.39 is 0 Å². The van der Waals surface area contributed by atoms with Crippen LogP contribution in [0.4, 0.5) is 0 Å². The number of hydrogen-bond donors (Lipinski definition) is 2. The second-order valence-electron chi connectivity index (χ2n) is 3.04. The fourth-order valence-electron chi connectivity index (χ4n) is 1.04. The third-order valence-electron chi connectivity index (χ3n) is 2.01. The molecular weight excluding hydrogens is 214 g/mol. The first-order valence-corrected chi connectivity index (χ1v) is 5.44. The number of hydrogen-bond acceptors (Lipinski definition) is 5. The van der Waals surface area contributed by atoms with Crippen LogP contribution in [0.25, 0.3) is 0 Å². The molecule has 1 rings (SSSR count). The highest BCUT2D eigenvalue weighted by Gasteiger charge is 2.16. The van der Waals surface area contributed by atoms with Crippen LogP contribution in [0.2, 0.25) is 0 Å². The summed E-state index contributed by atoms with van der Waals surface area (Å²) >= 11 is 1.36. The van der Waals surface area contributed by atoms with E-state index >= 15 is 0 Å². The first-order chi connectivity index (χ1) is 7.10. The molecule has 84 valence electrons. The van der Waals surface area contributed by atoms with Gasteiger partial charge in [-0.3, -0.25) is 4.79 Å². The predicted octanol–water partition coefficient (Wildman–Crippen LogP) is -0.500. The normalized spacial score (nSPS) is 12.5. The largest absolute Gasteiger partial charge is 0.358 e. The average Bonchev–Trinajstić information content (AvgIpc) is 2.58. The van der Waals surface area contributed by atoms with E-state index in [2.05, 4.69) is 15.5 Å². The van der Waals surface area contributed by atoms with E-state index in [9.17, 15) is 4.79 Å². The zero-order valence-electron chi connectivity index (χ0n) is 9.02. The second kappa shape index (κ2) is 5.13. The molecule has 0 aliphatic carbocycles. The molecule has 1 amide bonds. The number of aromatic nitrogens is 3. The van der Waals surface area contributed by atoms with Crippen molar-refractivity contribution in [1.82, 2.24) is 20.1 Å². The van der Waals surface area contributed by atoms with Crippen LogP contribution >= 0.6 is 11.8 Å². The highest BCUT2D eigenvalue weighted by atomic mass is 32.2. The van der Waals surface area contributed by atoms with Gasteiger partial charge in [0.25, 0.3) is 0 Å². The summed E-state index contributed by atoms with van der Waals surface area (Å²) < 4.78 is 1.80. The maximum absolute atomic E-state index is 11.3. The number of nitrogens with two attached hydrogens (primary N) is 1. The fraction of sp³-hybridized carbons (Fsp3) is 0.625. The number of thioether (sulfide) groups is 1. The van der Waals surface area contributed by atoms with Crippen molar-refractivity contribution in [1.29, 1.82) is 0 Å². The van der Waals surface area contributed by atoms with Crippen LogP contribution in [0, 0.1) is 0 Å². The van der Waals surface area contributed by atoms with Crippen molar-refractivity contribution in [3.63, 3.8) is 0 Å². The Morgan fingerprint density at radius 3 is 2.80 bits per heavy atom. The van der Waals surface area contributed by atoms with Gasteiger partial charge in [0.2, 0.25) is 5.91 Å². The molecule has 1 aromatic rings. The minimum Gasteiger partial charge on any atom is -0.358 e. The zero-order valence-corrected chi connectivity index (χ0v) is 9.84. The summed E-state index contributed by atoms with van der Waals surface area (Å²) in [6, 6.07) is 0. The summed E-state index contributed by atoms with van der Waals surface area (Å²) in [5.41, 5.74) is 5.47. The maximum atomic E-state index is 11.3. The number of amides is 1. The van der Waals surface area contributed by atoms with Crippen LogP contribution in [-0.4, -0.2) is 33.0 Å². The van der Waals surface area contributed by atoms with Crippen LogP contribution in [0.5, 0.6) is 0 Å². The van der Waals surface area contributed by atoms with E-state index in [1.807, 2.05) is 14.0 Å². The Morgan fingerprint density at radius 2 is 2.33 bits per heavy atom. The lowest BCUT2D eigenvalue weighted by molar-refractivity contribution is -0.119. The summed E-state index contributed by atoms with van der Waals surface area (Å²) in [5.74, 6) is 0.680. The summed E-state index contributed by atoms with van der Waals surface area (Å²) in [6.45, 7) is 2.17. The van der Waals surface area contributed by atoms with Gasteiger partial charge in [-0.15, -0.1) is 10.2 Å². The third kappa shape index (κ3) is 2.69. The molecule has 3 N–H and O–H groups in total. The lowest BCUT2D eigenvalue weighted by atomic mass is 10.4. The molecule has 0 aromatic carbocycles. The number of carbonyl (C=O) groups is 1. The minimum absolute atomic E-state index is 0.0303. The van der Waals surface area contributed by atoms with Gasteiger partial charge in [0.05, 0.1) is 11.8 Å². The van der Waals surface area contributed by atoms with Crippen molar-refractivity contribution >= 4 is 17.7 Å². The number of carbonyl (C=O) groups excluding carboxylic acids is 1. The standard InChI is InChI=1S/C8H15N5OS/c1-5(7(14)10-2)15-8-12-11-6(4-9)13(8)3/h5H,4,9H2,1-3H3,(H,10,14). The number of rotatable bonds is 4. The van der Waals surface area contributed by atoms with Crippen molar-refractivity contribution in [3.05, 3.63) is 5.82 Å². The molecule has 6 nitrogen and oxygen atoms in total. The summed E-state index contributed by atoms with van der Waals surface area (Å²) in [7, 11) is 3.45. The molecule has 0 spiro atoms. The Hall–Kier alpha value is -1.08. The van der Waals surface area contributed by atoms with Gasteiger partial charge in [-0.05, 0) is 6.92 Å². The molecule has 0 fully saturated rings. The second-order valence-corrected chi connectivity index (χ2v) is 4.34. The highest BCUT2D eigenvalue weighted by molar-refractivity contribution is 8.00. The molecule has 15 heavy (non-hydrogen) atoms. The van der Waals surface area contributed by atoms with Crippen LogP contribution in [0.3, 0.4) is 0 Å². The summed E-state index contributed by atoms with van der Waals surface area (Å²) in [5, 5.41) is 11.0. The lowest BCUT2D eigenvalue weighted by Crippen LogP contribution is -2.27. The molecule has 0 bridgehead atoms. The van der Waals surface area contributed by atoms with Crippen LogP contribution < -0.4 is 11.1 Å². The van der Waals surface area contributed by atoms with E-state index in [0.29, 0.717) is 17.5 Å². The topological polar surface area (TPSA) is 85.8 Å². The number of nitrogens with one attached hydrogen (secondary N) is 1. The van der Waals surface area contributed by atoms with Gasteiger partial charge >= 0.3 is 0 Å². The lowest BCUT2D eigenvalue weighted by Gasteiger charge is -2.08. The molecule has 0 saturated carbocycles. The molecule has 0 radical (unpaired) electrons. The first-order valence-electron chi connectivity index (χ1n) is 4.56. The van der Waals surface area contributed by atoms with Gasteiger partial charge in [-0.1, -0.05) is 11.8 Å². The SMILES string of the molecule is CNC(=O)C(C)Sc1nnc(CN)n1C. The van der Waals surface area contributed by atoms with Crippen LogP contribution in [-0.2, 0) is 18.4 Å². The van der Waals surface area contributed by atoms with Crippen LogP contribution in [0.15, 0.2) is 5.16 Å². The Kier molecular flexibility index (Phi) is 4.10. The monoisotopic (exact) mass is 229 g/mol. The van der Waals surface area contributed by atoms with E-state index in [1.165, 1.54) is 11.8 Å². The third-order valence-corrected chi connectivity index (χ3v) is 3.14. The maximum Gasteiger partial charge on any atom is 0.233 e. The van der Waals surface area contributed by atoms with Gasteiger partial charge in [0.15, 0.2) is 5.16 Å². The van der Waals surface area contributed by atoms with E-state index in [0.717, 1.165) is 0 Å². The quantitative estimate of drug-likeness (QED) is 0.680. The molecular formula is C8H15N5OS. The van der Waals surface area contributed by atoms with E-state index in [-0.39, 0.29) is 11.2 Å². The predicted molar refractivity (Wildman–Crippen MR) is 58.3 cm³/mol. The van der Waals surface area contributed by atoms with Gasteiger partial charge in [-0.25, -0.2) is 0 Å². The molecule has 1 aromatic heterocycles. The summed E-state index contributed by atoms with van der Waals surface area (Å²) in [6.07, 6.45) is 0. The van der Waals surface area contributed by atoms with Crippen LogP contribution in [0.1, 0.15) is 12.7 Å². The number of nitrogens with zero attached hydrogens (tertiary/aromatic N) is 3. The highest BCUT2D eigenvalue weighted by Crippen LogP contribution is 2.20. The Bertz CT molecular complexity index is 351. The smallest absolute Gasteiger partial charge is 0.233 e. The minimum atomic E-state index is -0.191. The molecule has 1 heterocycles. The van der Waals surface area contributed by atoms with Crippen molar-refractivity contribution < 1.29 is 4.79 Å². The van der Waals surface area contributed by atoms with Gasteiger partial charge in [0.1, 0.15) is 5.82 Å². The Morgan fingerprint density at radius 1 is 1.67 bits per heavy atom. The van der Waals surface area contributed by atoms with Gasteiger partial charge in [0, 0.05) is 14.1 Å². The van der Waals surface area contributed by atoms with Crippen molar-refractivity contribution in [2.24, 2.45) is 12.8 Å². The average molecular weight is 229 g/mol. The van der Waals surface area contributed by atoms with Crippen molar-refractivity contribution in [2.75, 3.05) is 7.05 Å². The molecule has 1 unspecified atom stereocenters. The van der Waals surface area contributed by atoms with E-state index in [1.54, 1.807) is 11.6 Å². The molecule has 7 heteroatoms. The molecule has 0 aliphatic rings. The van der Waals surface area contributed by atoms with Gasteiger partial charge in [-0.2, -0.15) is 0 Å². The fourth-order valence-corrected chi connectivity index (χ4v) is 1.93. The molecule has 0 saturated heterocycles. The van der Waals surface area contributed by atoms with Crippen molar-refractivity contribution in [3.8, 4) is 0 Å².